The quantitative estimate of drug-likeness (QED) is 0.831. The van der Waals surface area contributed by atoms with E-state index in [1.54, 1.807) is 7.11 Å². The molecule has 2 aliphatic carbocycles. The van der Waals surface area contributed by atoms with E-state index in [1.807, 2.05) is 0 Å². The van der Waals surface area contributed by atoms with E-state index in [0.717, 1.165) is 13.2 Å². The van der Waals surface area contributed by atoms with Crippen LogP contribution in [-0.4, -0.2) is 20.3 Å². The molecule has 0 unspecified atom stereocenters. The lowest BCUT2D eigenvalue weighted by Gasteiger charge is -2.20. The van der Waals surface area contributed by atoms with Crippen LogP contribution in [0.4, 0.5) is 0 Å². The summed E-state index contributed by atoms with van der Waals surface area (Å²) in [6.07, 6.45) is 6.46. The number of benzene rings is 1. The molecule has 0 aromatic heterocycles. The van der Waals surface area contributed by atoms with Crippen molar-refractivity contribution in [3.8, 4) is 0 Å². The third-order valence-electron chi connectivity index (χ3n) is 4.65. The maximum Gasteiger partial charge on any atom is 0.0468 e. The normalized spacial score (nSPS) is 23.9. The molecule has 0 saturated heterocycles. The maximum atomic E-state index is 5.22. The largest absolute Gasteiger partial charge is 0.385 e. The number of ether oxygens (including phenoxy) is 1. The molecular formula is C16H23NO. The van der Waals surface area contributed by atoms with Gasteiger partial charge in [-0.15, -0.1) is 0 Å². The van der Waals surface area contributed by atoms with E-state index in [0.29, 0.717) is 11.5 Å². The highest BCUT2D eigenvalue weighted by molar-refractivity contribution is 5.34. The molecule has 0 aliphatic heterocycles. The second-order valence-corrected chi connectivity index (χ2v) is 5.91. The zero-order chi connectivity index (χ0) is 12.4. The van der Waals surface area contributed by atoms with Crippen LogP contribution in [0.5, 0.6) is 0 Å². The summed E-state index contributed by atoms with van der Waals surface area (Å²) in [5.41, 5.74) is 3.62. The molecule has 2 nitrogen and oxygen atoms in total. The lowest BCUT2D eigenvalue weighted by Crippen LogP contribution is -2.28. The van der Waals surface area contributed by atoms with Gasteiger partial charge in [-0.3, -0.25) is 0 Å². The zero-order valence-electron chi connectivity index (χ0n) is 11.2. The molecule has 2 heteroatoms. The SMILES string of the molecule is COCCC1(CN[C@@H]2CCc3ccccc32)CC1. The number of fused-ring (bicyclic) bond motifs is 1. The predicted molar refractivity (Wildman–Crippen MR) is 73.7 cm³/mol. The van der Waals surface area contributed by atoms with Gasteiger partial charge < -0.3 is 10.1 Å². The van der Waals surface area contributed by atoms with E-state index in [2.05, 4.69) is 29.6 Å². The second-order valence-electron chi connectivity index (χ2n) is 5.91. The first-order valence-corrected chi connectivity index (χ1v) is 7.13. The van der Waals surface area contributed by atoms with E-state index in [9.17, 15) is 0 Å². The fourth-order valence-electron chi connectivity index (χ4n) is 3.12. The van der Waals surface area contributed by atoms with Crippen LogP contribution >= 0.6 is 0 Å². The van der Waals surface area contributed by atoms with Gasteiger partial charge in [0.15, 0.2) is 0 Å². The van der Waals surface area contributed by atoms with Crippen LogP contribution in [0.1, 0.15) is 42.9 Å². The van der Waals surface area contributed by atoms with E-state index in [1.165, 1.54) is 43.2 Å². The van der Waals surface area contributed by atoms with Crippen molar-refractivity contribution in [3.63, 3.8) is 0 Å². The van der Waals surface area contributed by atoms with Gasteiger partial charge in [-0.2, -0.15) is 0 Å². The monoisotopic (exact) mass is 245 g/mol. The lowest BCUT2D eigenvalue weighted by molar-refractivity contribution is 0.170. The van der Waals surface area contributed by atoms with Crippen molar-refractivity contribution < 1.29 is 4.74 Å². The number of methoxy groups -OCH3 is 1. The summed E-state index contributed by atoms with van der Waals surface area (Å²) >= 11 is 0. The molecule has 0 heterocycles. The van der Waals surface area contributed by atoms with Crippen LogP contribution < -0.4 is 5.32 Å². The molecular weight excluding hydrogens is 222 g/mol. The van der Waals surface area contributed by atoms with Crippen molar-refractivity contribution in [1.82, 2.24) is 5.32 Å². The van der Waals surface area contributed by atoms with Gasteiger partial charge in [0, 0.05) is 26.3 Å². The first kappa shape index (κ1) is 12.2. The van der Waals surface area contributed by atoms with E-state index >= 15 is 0 Å². The van der Waals surface area contributed by atoms with Gasteiger partial charge in [0.05, 0.1) is 0 Å². The van der Waals surface area contributed by atoms with Crippen molar-refractivity contribution >= 4 is 0 Å². The van der Waals surface area contributed by atoms with Crippen LogP contribution in [0.15, 0.2) is 24.3 Å². The summed E-state index contributed by atoms with van der Waals surface area (Å²) in [5, 5.41) is 3.79. The summed E-state index contributed by atoms with van der Waals surface area (Å²) < 4.78 is 5.22. The standard InChI is InChI=1S/C16H23NO/c1-18-11-10-16(8-9-16)12-17-15-7-6-13-4-2-3-5-14(13)15/h2-5,15,17H,6-12H2,1H3/t15-/m1/s1. The van der Waals surface area contributed by atoms with Crippen molar-refractivity contribution in [2.75, 3.05) is 20.3 Å². The van der Waals surface area contributed by atoms with Crippen LogP contribution in [-0.2, 0) is 11.2 Å². The first-order chi connectivity index (χ1) is 8.83. The minimum atomic E-state index is 0.549. The van der Waals surface area contributed by atoms with Gasteiger partial charge in [-0.05, 0) is 48.6 Å². The molecule has 98 valence electrons. The van der Waals surface area contributed by atoms with Crippen molar-refractivity contribution in [1.29, 1.82) is 0 Å². The minimum absolute atomic E-state index is 0.549. The Bertz CT molecular complexity index is 411. The molecule has 1 saturated carbocycles. The van der Waals surface area contributed by atoms with Crippen LogP contribution in [0.25, 0.3) is 0 Å². The molecule has 0 radical (unpaired) electrons. The van der Waals surface area contributed by atoms with Gasteiger partial charge in [0.1, 0.15) is 0 Å². The van der Waals surface area contributed by atoms with E-state index in [-0.39, 0.29) is 0 Å². The van der Waals surface area contributed by atoms with Crippen LogP contribution in [0, 0.1) is 5.41 Å². The number of rotatable bonds is 6. The van der Waals surface area contributed by atoms with Gasteiger partial charge >= 0.3 is 0 Å². The van der Waals surface area contributed by atoms with Gasteiger partial charge in [0.2, 0.25) is 0 Å². The predicted octanol–water partition coefficient (Wildman–Crippen LogP) is 3.08. The Hall–Kier alpha value is -0.860. The zero-order valence-corrected chi connectivity index (χ0v) is 11.2. The summed E-state index contributed by atoms with van der Waals surface area (Å²) in [5.74, 6) is 0. The van der Waals surface area contributed by atoms with Crippen LogP contribution in [0.3, 0.4) is 0 Å². The third-order valence-corrected chi connectivity index (χ3v) is 4.65. The topological polar surface area (TPSA) is 21.3 Å². The highest BCUT2D eigenvalue weighted by Crippen LogP contribution is 2.48. The molecule has 1 aromatic carbocycles. The fourth-order valence-corrected chi connectivity index (χ4v) is 3.12. The average molecular weight is 245 g/mol. The molecule has 1 N–H and O–H groups in total. The first-order valence-electron chi connectivity index (χ1n) is 7.13. The molecule has 0 amide bonds. The van der Waals surface area contributed by atoms with Gasteiger partial charge in [0.25, 0.3) is 0 Å². The second kappa shape index (κ2) is 5.02. The average Bonchev–Trinajstić information content (AvgIpc) is 3.07. The highest BCUT2D eigenvalue weighted by Gasteiger charge is 2.42. The Balaban J connectivity index is 1.56. The van der Waals surface area contributed by atoms with E-state index < -0.39 is 0 Å². The van der Waals surface area contributed by atoms with Crippen LogP contribution in [0.2, 0.25) is 0 Å². The molecule has 0 spiro atoms. The molecule has 1 fully saturated rings. The third kappa shape index (κ3) is 2.45. The number of nitrogens with one attached hydrogen (secondary N) is 1. The summed E-state index contributed by atoms with van der Waals surface area (Å²) in [6, 6.07) is 9.46. The summed E-state index contributed by atoms with van der Waals surface area (Å²) in [7, 11) is 1.80. The lowest BCUT2D eigenvalue weighted by atomic mass is 10.0. The van der Waals surface area contributed by atoms with E-state index in [4.69, 9.17) is 4.74 Å². The minimum Gasteiger partial charge on any atom is -0.385 e. The van der Waals surface area contributed by atoms with Crippen molar-refractivity contribution in [2.24, 2.45) is 5.41 Å². The van der Waals surface area contributed by atoms with Gasteiger partial charge in [-0.25, -0.2) is 0 Å². The van der Waals surface area contributed by atoms with Gasteiger partial charge in [-0.1, -0.05) is 24.3 Å². The fraction of sp³-hybridized carbons (Fsp3) is 0.625. The molecule has 18 heavy (non-hydrogen) atoms. The Labute approximate surface area is 110 Å². The summed E-state index contributed by atoms with van der Waals surface area (Å²) in [4.78, 5) is 0. The number of aryl methyl sites for hydroxylation is 1. The number of hydrogen-bond donors (Lipinski definition) is 1. The highest BCUT2D eigenvalue weighted by atomic mass is 16.5. The maximum absolute atomic E-state index is 5.22. The summed E-state index contributed by atoms with van der Waals surface area (Å²) in [6.45, 7) is 2.07. The molecule has 3 rings (SSSR count). The molecule has 1 aromatic rings. The Morgan fingerprint density at radius 2 is 2.17 bits per heavy atom. The molecule has 2 aliphatic rings. The van der Waals surface area contributed by atoms with Crippen molar-refractivity contribution in [2.45, 2.75) is 38.1 Å². The Kier molecular flexibility index (Phi) is 3.40. The molecule has 0 bridgehead atoms. The Morgan fingerprint density at radius 1 is 1.33 bits per heavy atom. The Morgan fingerprint density at radius 3 is 2.94 bits per heavy atom. The smallest absolute Gasteiger partial charge is 0.0468 e. The van der Waals surface area contributed by atoms with Crippen molar-refractivity contribution in [3.05, 3.63) is 35.4 Å². The molecule has 1 atom stereocenters. The number of hydrogen-bond acceptors (Lipinski definition) is 2.